The van der Waals surface area contributed by atoms with Gasteiger partial charge in [-0.05, 0) is 10.3 Å². The van der Waals surface area contributed by atoms with Crippen molar-refractivity contribution in [3.8, 4) is 0 Å². The van der Waals surface area contributed by atoms with E-state index in [2.05, 4.69) is 20.3 Å². The molecule has 0 bridgehead atoms. The Balaban J connectivity index is 2.41. The van der Waals surface area contributed by atoms with E-state index >= 15 is 0 Å². The molecule has 0 atom stereocenters. The highest BCUT2D eigenvalue weighted by molar-refractivity contribution is 5.61. The lowest BCUT2D eigenvalue weighted by Gasteiger charge is -2.21. The molecule has 0 fully saturated rings. The number of rotatable bonds is 0. The molecule has 0 saturated carbocycles. The van der Waals surface area contributed by atoms with E-state index in [4.69, 9.17) is 0 Å². The van der Waals surface area contributed by atoms with Crippen LogP contribution in [0, 0.1) is 0 Å². The number of nitrogens with zero attached hydrogens (tertiary/aromatic N) is 3. The Morgan fingerprint density at radius 1 is 1.60 bits per heavy atom. The maximum absolute atomic E-state index is 4.53. The Morgan fingerprint density at radius 2 is 2.50 bits per heavy atom. The van der Waals surface area contributed by atoms with Gasteiger partial charge < -0.3 is 10.2 Å². The third kappa shape index (κ3) is 0.632. The van der Waals surface area contributed by atoms with Crippen molar-refractivity contribution in [3.63, 3.8) is 0 Å². The number of anilines is 2. The van der Waals surface area contributed by atoms with Gasteiger partial charge in [0, 0.05) is 20.1 Å². The van der Waals surface area contributed by atoms with Crippen molar-refractivity contribution in [1.29, 1.82) is 0 Å². The lowest BCUT2D eigenvalue weighted by atomic mass is 10.4. The van der Waals surface area contributed by atoms with E-state index in [9.17, 15) is 0 Å². The second kappa shape index (κ2) is 1.86. The molecule has 2 rings (SSSR count). The molecule has 1 N–H and O–H groups in total. The lowest BCUT2D eigenvalue weighted by Crippen LogP contribution is -2.30. The predicted octanol–water partition coefficient (Wildman–Crippen LogP) is -0.0687. The smallest absolute Gasteiger partial charge is 0.217 e. The molecule has 54 valence electrons. The molecule has 0 saturated heterocycles. The van der Waals surface area contributed by atoms with E-state index in [0.717, 1.165) is 24.7 Å². The topological polar surface area (TPSA) is 54.2 Å². The second-order valence-electron chi connectivity index (χ2n) is 2.28. The molecule has 0 spiro atoms. The van der Waals surface area contributed by atoms with Gasteiger partial charge in [0.25, 0.3) is 0 Å². The summed E-state index contributed by atoms with van der Waals surface area (Å²) in [6, 6.07) is 0. The van der Waals surface area contributed by atoms with Gasteiger partial charge in [-0.1, -0.05) is 0 Å². The Hall–Kier alpha value is -1.26. The fraction of sp³-hybridized carbons (Fsp3) is 0.600. The van der Waals surface area contributed by atoms with Crippen LogP contribution in [0.5, 0.6) is 0 Å². The molecule has 0 unspecified atom stereocenters. The van der Waals surface area contributed by atoms with E-state index in [0.29, 0.717) is 0 Å². The number of likely N-dealkylation sites (N-methyl/N-ethyl adjacent to an activating group) is 1. The highest BCUT2D eigenvalue weighted by Crippen LogP contribution is 2.21. The monoisotopic (exact) mass is 140 g/mol. The molecular formula is C5H8N4O. The SMILES string of the molecule is CN1CCNc2nonc21. The minimum absolute atomic E-state index is 0.744. The van der Waals surface area contributed by atoms with Crippen molar-refractivity contribution in [2.45, 2.75) is 0 Å². The Labute approximate surface area is 58.0 Å². The van der Waals surface area contributed by atoms with Crippen molar-refractivity contribution < 1.29 is 4.63 Å². The zero-order valence-electron chi connectivity index (χ0n) is 5.66. The molecule has 0 radical (unpaired) electrons. The summed E-state index contributed by atoms with van der Waals surface area (Å²) in [4.78, 5) is 2.00. The van der Waals surface area contributed by atoms with Gasteiger partial charge >= 0.3 is 0 Å². The van der Waals surface area contributed by atoms with Gasteiger partial charge in [-0.3, -0.25) is 0 Å². The fourth-order valence-electron chi connectivity index (χ4n) is 0.994. The third-order valence-corrected chi connectivity index (χ3v) is 1.57. The third-order valence-electron chi connectivity index (χ3n) is 1.57. The number of hydrogen-bond donors (Lipinski definition) is 1. The summed E-state index contributed by atoms with van der Waals surface area (Å²) in [5.74, 6) is 1.54. The molecular weight excluding hydrogens is 132 g/mol. The molecule has 5 nitrogen and oxygen atoms in total. The van der Waals surface area contributed by atoms with Crippen LogP contribution in [0.4, 0.5) is 11.6 Å². The van der Waals surface area contributed by atoms with E-state index in [1.165, 1.54) is 0 Å². The highest BCUT2D eigenvalue weighted by Gasteiger charge is 2.17. The first-order valence-electron chi connectivity index (χ1n) is 3.15. The van der Waals surface area contributed by atoms with Crippen LogP contribution < -0.4 is 10.2 Å². The van der Waals surface area contributed by atoms with E-state index < -0.39 is 0 Å². The Morgan fingerprint density at radius 3 is 3.30 bits per heavy atom. The molecule has 0 aliphatic carbocycles. The number of nitrogens with one attached hydrogen (secondary N) is 1. The molecule has 1 aliphatic rings. The maximum Gasteiger partial charge on any atom is 0.217 e. The van der Waals surface area contributed by atoms with Crippen LogP contribution in [-0.2, 0) is 0 Å². The maximum atomic E-state index is 4.53. The highest BCUT2D eigenvalue weighted by atomic mass is 16.6. The second-order valence-corrected chi connectivity index (χ2v) is 2.28. The van der Waals surface area contributed by atoms with E-state index in [1.54, 1.807) is 0 Å². The number of hydrogen-bond acceptors (Lipinski definition) is 5. The summed E-state index contributed by atoms with van der Waals surface area (Å²) >= 11 is 0. The minimum atomic E-state index is 0.744. The fourth-order valence-corrected chi connectivity index (χ4v) is 0.994. The van der Waals surface area contributed by atoms with E-state index in [1.807, 2.05) is 11.9 Å². The van der Waals surface area contributed by atoms with Gasteiger partial charge in [-0.15, -0.1) is 0 Å². The summed E-state index contributed by atoms with van der Waals surface area (Å²) in [6.07, 6.45) is 0. The summed E-state index contributed by atoms with van der Waals surface area (Å²) in [5.41, 5.74) is 0. The summed E-state index contributed by atoms with van der Waals surface area (Å²) in [6.45, 7) is 1.85. The normalized spacial score (nSPS) is 16.3. The van der Waals surface area contributed by atoms with Crippen molar-refractivity contribution in [2.24, 2.45) is 0 Å². The van der Waals surface area contributed by atoms with Gasteiger partial charge in [-0.25, -0.2) is 4.63 Å². The van der Waals surface area contributed by atoms with Crippen molar-refractivity contribution in [3.05, 3.63) is 0 Å². The molecule has 1 aliphatic heterocycles. The van der Waals surface area contributed by atoms with Crippen molar-refractivity contribution in [1.82, 2.24) is 10.3 Å². The van der Waals surface area contributed by atoms with Gasteiger partial charge in [-0.2, -0.15) is 0 Å². The zero-order chi connectivity index (χ0) is 6.97. The van der Waals surface area contributed by atoms with Crippen LogP contribution in [0.15, 0.2) is 4.63 Å². The van der Waals surface area contributed by atoms with E-state index in [-0.39, 0.29) is 0 Å². The average molecular weight is 140 g/mol. The molecule has 5 heteroatoms. The first-order chi connectivity index (χ1) is 4.88. The van der Waals surface area contributed by atoms with Crippen LogP contribution >= 0.6 is 0 Å². The van der Waals surface area contributed by atoms with Crippen LogP contribution in [-0.4, -0.2) is 30.5 Å². The lowest BCUT2D eigenvalue weighted by molar-refractivity contribution is 0.310. The first kappa shape index (κ1) is 5.52. The molecule has 1 aromatic rings. The summed E-state index contributed by atoms with van der Waals surface area (Å²) in [7, 11) is 1.96. The van der Waals surface area contributed by atoms with Gasteiger partial charge in [0.2, 0.25) is 11.6 Å². The van der Waals surface area contributed by atoms with Gasteiger partial charge in [0.1, 0.15) is 0 Å². The van der Waals surface area contributed by atoms with Gasteiger partial charge in [0.15, 0.2) is 0 Å². The van der Waals surface area contributed by atoms with Crippen LogP contribution in [0.2, 0.25) is 0 Å². The largest absolute Gasteiger partial charge is 0.362 e. The molecule has 10 heavy (non-hydrogen) atoms. The minimum Gasteiger partial charge on any atom is -0.362 e. The van der Waals surface area contributed by atoms with Gasteiger partial charge in [0.05, 0.1) is 0 Å². The summed E-state index contributed by atoms with van der Waals surface area (Å²) < 4.78 is 4.53. The standard InChI is InChI=1S/C5H8N4O/c1-9-3-2-6-4-5(9)8-10-7-4/h2-3H2,1H3,(H,6,7). The van der Waals surface area contributed by atoms with Crippen LogP contribution in [0.1, 0.15) is 0 Å². The average Bonchev–Trinajstić information content (AvgIpc) is 2.36. The van der Waals surface area contributed by atoms with Crippen LogP contribution in [0.3, 0.4) is 0 Å². The summed E-state index contributed by atoms with van der Waals surface area (Å²) in [5, 5.41) is 10.4. The zero-order valence-corrected chi connectivity index (χ0v) is 5.66. The Bertz CT molecular complexity index is 233. The number of fused-ring (bicyclic) bond motifs is 1. The quantitative estimate of drug-likeness (QED) is 0.546. The first-order valence-corrected chi connectivity index (χ1v) is 3.15. The van der Waals surface area contributed by atoms with Crippen LogP contribution in [0.25, 0.3) is 0 Å². The molecule has 0 amide bonds. The molecule has 1 aromatic heterocycles. The molecule has 0 aromatic carbocycles. The Kier molecular flexibility index (Phi) is 1.03. The predicted molar refractivity (Wildman–Crippen MR) is 36.1 cm³/mol. The van der Waals surface area contributed by atoms with Crippen molar-refractivity contribution >= 4 is 11.6 Å². The molecule has 2 heterocycles. The van der Waals surface area contributed by atoms with Crippen molar-refractivity contribution in [2.75, 3.05) is 30.4 Å². The number of aromatic nitrogens is 2.